The number of carbonyl (C=O) groups is 2. The topological polar surface area (TPSA) is 85.9 Å². The molecule has 0 atom stereocenters. The summed E-state index contributed by atoms with van der Waals surface area (Å²) in [6, 6.07) is 16.9. The zero-order valence-corrected chi connectivity index (χ0v) is 19.6. The van der Waals surface area contributed by atoms with Crippen molar-refractivity contribution >= 4 is 17.5 Å². The van der Waals surface area contributed by atoms with Gasteiger partial charge in [0.2, 0.25) is 0 Å². The number of benzene rings is 3. The van der Waals surface area contributed by atoms with E-state index in [9.17, 15) is 22.8 Å². The van der Waals surface area contributed by atoms with Gasteiger partial charge in [0.1, 0.15) is 23.9 Å². The molecule has 0 unspecified atom stereocenters. The quantitative estimate of drug-likeness (QED) is 0.328. The molecule has 0 spiro atoms. The van der Waals surface area contributed by atoms with Crippen LogP contribution in [0, 0.1) is 0 Å². The molecule has 0 aliphatic carbocycles. The fourth-order valence-corrected chi connectivity index (χ4v) is 3.27. The van der Waals surface area contributed by atoms with Crippen LogP contribution in [0.1, 0.15) is 34.8 Å². The number of halogens is 3. The molecule has 2 N–H and O–H groups in total. The Labute approximate surface area is 206 Å². The first-order chi connectivity index (χ1) is 17.2. The van der Waals surface area contributed by atoms with Gasteiger partial charge in [-0.2, -0.15) is 0 Å². The van der Waals surface area contributed by atoms with Crippen molar-refractivity contribution in [2.45, 2.75) is 32.9 Å². The number of rotatable bonds is 10. The van der Waals surface area contributed by atoms with Crippen molar-refractivity contribution in [3.05, 3.63) is 83.4 Å². The molecule has 36 heavy (non-hydrogen) atoms. The molecule has 3 aromatic carbocycles. The Morgan fingerprint density at radius 2 is 1.67 bits per heavy atom. The summed E-state index contributed by atoms with van der Waals surface area (Å²) in [6.45, 7) is 2.15. The smallest absolute Gasteiger partial charge is 0.495 e. The molecule has 2 amide bonds. The van der Waals surface area contributed by atoms with Crippen molar-refractivity contribution < 1.29 is 37.0 Å². The first kappa shape index (κ1) is 26.4. The van der Waals surface area contributed by atoms with E-state index >= 15 is 0 Å². The number of carbonyl (C=O) groups excluding carboxylic acids is 2. The van der Waals surface area contributed by atoms with Crippen molar-refractivity contribution in [1.82, 2.24) is 5.32 Å². The van der Waals surface area contributed by atoms with Crippen LogP contribution >= 0.6 is 0 Å². The van der Waals surface area contributed by atoms with Crippen molar-refractivity contribution in [1.29, 1.82) is 0 Å². The van der Waals surface area contributed by atoms with E-state index < -0.39 is 18.1 Å². The molecule has 0 aliphatic rings. The Morgan fingerprint density at radius 1 is 0.944 bits per heavy atom. The highest BCUT2D eigenvalue weighted by atomic mass is 19.4. The molecule has 0 bridgehead atoms. The second-order valence-corrected chi connectivity index (χ2v) is 7.59. The summed E-state index contributed by atoms with van der Waals surface area (Å²) in [7, 11) is 1.32. The Morgan fingerprint density at radius 3 is 2.33 bits per heavy atom. The zero-order chi connectivity index (χ0) is 26.1. The van der Waals surface area contributed by atoms with Gasteiger partial charge in [0.05, 0.1) is 12.8 Å². The molecule has 190 valence electrons. The Balaban J connectivity index is 1.61. The first-order valence-corrected chi connectivity index (χ1v) is 11.0. The number of amides is 2. The van der Waals surface area contributed by atoms with Crippen LogP contribution in [0.2, 0.25) is 0 Å². The van der Waals surface area contributed by atoms with E-state index in [4.69, 9.17) is 9.47 Å². The average molecular weight is 502 g/mol. The van der Waals surface area contributed by atoms with Crippen LogP contribution in [0.5, 0.6) is 17.2 Å². The van der Waals surface area contributed by atoms with E-state index in [1.165, 1.54) is 13.2 Å². The van der Waals surface area contributed by atoms with Crippen LogP contribution in [-0.2, 0) is 13.2 Å². The summed E-state index contributed by atoms with van der Waals surface area (Å²) in [6.07, 6.45) is -4.43. The fraction of sp³-hybridized carbons (Fsp3) is 0.231. The number of ether oxygens (including phenoxy) is 3. The van der Waals surface area contributed by atoms with Gasteiger partial charge < -0.3 is 24.8 Å². The molecule has 10 heteroatoms. The van der Waals surface area contributed by atoms with Gasteiger partial charge in [0.15, 0.2) is 5.78 Å². The molecule has 3 rings (SSSR count). The summed E-state index contributed by atoms with van der Waals surface area (Å²) in [4.78, 5) is 24.2. The lowest BCUT2D eigenvalue weighted by Crippen LogP contribution is -2.28. The van der Waals surface area contributed by atoms with Crippen molar-refractivity contribution in [3.8, 4) is 17.2 Å². The fourth-order valence-electron chi connectivity index (χ4n) is 3.27. The van der Waals surface area contributed by atoms with Gasteiger partial charge in [0.25, 0.3) is 0 Å². The number of ketones is 1. The zero-order valence-electron chi connectivity index (χ0n) is 19.6. The van der Waals surface area contributed by atoms with Crippen molar-refractivity contribution in [2.24, 2.45) is 0 Å². The van der Waals surface area contributed by atoms with E-state index in [0.717, 1.165) is 17.7 Å². The third-order valence-electron chi connectivity index (χ3n) is 5.06. The lowest BCUT2D eigenvalue weighted by atomic mass is 10.1. The van der Waals surface area contributed by atoms with Gasteiger partial charge in [-0.05, 0) is 23.8 Å². The van der Waals surface area contributed by atoms with Gasteiger partial charge in [0, 0.05) is 30.2 Å². The maximum Gasteiger partial charge on any atom is 0.573 e. The third-order valence-corrected chi connectivity index (χ3v) is 5.06. The van der Waals surface area contributed by atoms with Gasteiger partial charge >= 0.3 is 12.4 Å². The van der Waals surface area contributed by atoms with Gasteiger partial charge in [-0.1, -0.05) is 49.4 Å². The van der Waals surface area contributed by atoms with Crippen molar-refractivity contribution in [2.75, 3.05) is 12.4 Å². The summed E-state index contributed by atoms with van der Waals surface area (Å²) in [5.41, 5.74) is 2.21. The average Bonchev–Trinajstić information content (AvgIpc) is 2.85. The minimum Gasteiger partial charge on any atom is -0.495 e. The molecule has 3 aromatic rings. The number of nitrogens with one attached hydrogen (secondary N) is 2. The van der Waals surface area contributed by atoms with Gasteiger partial charge in [-0.15, -0.1) is 13.2 Å². The molecule has 0 radical (unpaired) electrons. The van der Waals surface area contributed by atoms with E-state index in [1.54, 1.807) is 43.3 Å². The molecular formula is C26H25F3N2O5. The van der Waals surface area contributed by atoms with Crippen molar-refractivity contribution in [3.63, 3.8) is 0 Å². The molecule has 0 aromatic heterocycles. The summed E-state index contributed by atoms with van der Waals surface area (Å²) in [5, 5.41) is 5.11. The Bertz CT molecular complexity index is 1200. The highest BCUT2D eigenvalue weighted by molar-refractivity contribution is 5.95. The number of anilines is 1. The first-order valence-electron chi connectivity index (χ1n) is 11.0. The number of hydrogen-bond donors (Lipinski definition) is 2. The predicted molar refractivity (Wildman–Crippen MR) is 127 cm³/mol. The number of urea groups is 1. The van der Waals surface area contributed by atoms with E-state index in [-0.39, 0.29) is 30.4 Å². The van der Waals surface area contributed by atoms with Gasteiger partial charge in [-0.3, -0.25) is 4.79 Å². The summed E-state index contributed by atoms with van der Waals surface area (Å²) < 4.78 is 52.5. The Hall–Kier alpha value is -4.21. The highest BCUT2D eigenvalue weighted by Gasteiger charge is 2.31. The minimum absolute atomic E-state index is 0.00582. The molecule has 0 fully saturated rings. The van der Waals surface area contributed by atoms with Crippen LogP contribution in [0.25, 0.3) is 0 Å². The SMILES string of the molecule is CCC(=O)c1ccc(COc2ccccc2CNC(=O)Nc2cc(OC(F)(F)F)ccc2OC)cc1. The number of hydrogen-bond acceptors (Lipinski definition) is 5. The predicted octanol–water partition coefficient (Wildman–Crippen LogP) is 6.09. The number of Topliss-reactive ketones (excluding diaryl/α,β-unsaturated/α-hetero) is 1. The molecule has 7 nitrogen and oxygen atoms in total. The number of alkyl halides is 3. The lowest BCUT2D eigenvalue weighted by molar-refractivity contribution is -0.274. The van der Waals surface area contributed by atoms with Gasteiger partial charge in [-0.25, -0.2) is 4.79 Å². The molecule has 0 aliphatic heterocycles. The number of para-hydroxylation sites is 1. The van der Waals surface area contributed by atoms with Crippen LogP contribution in [0.3, 0.4) is 0 Å². The van der Waals surface area contributed by atoms with Crippen LogP contribution in [0.15, 0.2) is 66.7 Å². The monoisotopic (exact) mass is 502 g/mol. The maximum absolute atomic E-state index is 12.5. The van der Waals surface area contributed by atoms with E-state index in [0.29, 0.717) is 23.3 Å². The van der Waals surface area contributed by atoms with Crippen LogP contribution < -0.4 is 24.8 Å². The Kier molecular flexibility index (Phi) is 8.77. The molecule has 0 saturated carbocycles. The highest BCUT2D eigenvalue weighted by Crippen LogP contribution is 2.32. The summed E-state index contributed by atoms with van der Waals surface area (Å²) in [5.74, 6) is 0.276. The second kappa shape index (κ2) is 12.0. The van der Waals surface area contributed by atoms with Crippen LogP contribution in [-0.4, -0.2) is 25.3 Å². The van der Waals surface area contributed by atoms with E-state index in [1.807, 2.05) is 12.1 Å². The third kappa shape index (κ3) is 7.66. The van der Waals surface area contributed by atoms with E-state index in [2.05, 4.69) is 15.4 Å². The minimum atomic E-state index is -4.87. The number of methoxy groups -OCH3 is 1. The standard InChI is InChI=1S/C26H25F3N2O5/c1-3-22(32)18-10-8-17(9-11-18)16-35-23-7-5-4-6-19(23)15-30-25(33)31-21-14-20(36-26(27,28)29)12-13-24(21)34-2/h4-14H,3,15-16H2,1-2H3,(H2,30,31,33). The largest absolute Gasteiger partial charge is 0.573 e. The normalized spacial score (nSPS) is 10.9. The lowest BCUT2D eigenvalue weighted by Gasteiger charge is -2.15. The maximum atomic E-state index is 12.5. The molecule has 0 saturated heterocycles. The molecular weight excluding hydrogens is 477 g/mol. The summed E-state index contributed by atoms with van der Waals surface area (Å²) >= 11 is 0. The second-order valence-electron chi connectivity index (χ2n) is 7.59. The van der Waals surface area contributed by atoms with Crippen LogP contribution in [0.4, 0.5) is 23.7 Å². The molecule has 0 heterocycles.